The van der Waals surface area contributed by atoms with Gasteiger partial charge in [0.15, 0.2) is 0 Å². The lowest BCUT2D eigenvalue weighted by molar-refractivity contribution is 0.0965. The van der Waals surface area contributed by atoms with Crippen molar-refractivity contribution in [1.29, 1.82) is 0 Å². The largest absolute Gasteiger partial charge is 0.508 e. The summed E-state index contributed by atoms with van der Waals surface area (Å²) < 4.78 is 36.9. The minimum Gasteiger partial charge on any atom is -0.508 e. The quantitative estimate of drug-likeness (QED) is 0.257. The Balaban J connectivity index is 0.900. The summed E-state index contributed by atoms with van der Waals surface area (Å²) >= 11 is 0. The monoisotopic (exact) mass is 650 g/mol. The highest BCUT2D eigenvalue weighted by atomic mass is 19.1. The van der Waals surface area contributed by atoms with Crippen LogP contribution in [-0.4, -0.2) is 68.3 Å². The number of halogens is 2. The van der Waals surface area contributed by atoms with Crippen LogP contribution in [0.25, 0.3) is 0 Å². The first kappa shape index (κ1) is 30.7. The van der Waals surface area contributed by atoms with E-state index in [-0.39, 0.29) is 35.1 Å². The van der Waals surface area contributed by atoms with Gasteiger partial charge in [0.25, 0.3) is 5.91 Å². The Morgan fingerprint density at radius 1 is 0.792 bits per heavy atom. The number of hydrogen-bond donors (Lipinski definition) is 2. The molecule has 4 aromatic carbocycles. The fourth-order valence-corrected chi connectivity index (χ4v) is 8.14. The third kappa shape index (κ3) is 5.85. The minimum atomic E-state index is -0.333. The first-order chi connectivity index (χ1) is 23.4. The van der Waals surface area contributed by atoms with Gasteiger partial charge in [-0.2, -0.15) is 0 Å². The van der Waals surface area contributed by atoms with Gasteiger partial charge >= 0.3 is 0 Å². The fourth-order valence-electron chi connectivity index (χ4n) is 8.14. The standard InChI is InChI=1S/C39H40F2N4O3/c40-33-18-27(38-30-8-7-29(46)20-37(30)48-24-32(38)26-4-2-1-3-5-26)6-9-35(33)44-12-10-25(11-13-44)23-43-14-16-45(17-15-43)36-19-28-22-42-39(47)31(28)21-34(36)41/h1-9,18-21,25,32,38,46H,10-17,22-24H2,(H,42,47). The summed E-state index contributed by atoms with van der Waals surface area (Å²) in [6.07, 6.45) is 1.99. The summed E-state index contributed by atoms with van der Waals surface area (Å²) in [6.45, 7) is 6.73. The predicted molar refractivity (Wildman–Crippen MR) is 182 cm³/mol. The highest BCUT2D eigenvalue weighted by molar-refractivity contribution is 5.98. The number of hydrogen-bond acceptors (Lipinski definition) is 6. The molecule has 1 amide bonds. The zero-order valence-electron chi connectivity index (χ0n) is 26.9. The van der Waals surface area contributed by atoms with Crippen molar-refractivity contribution < 1.29 is 23.4 Å². The predicted octanol–water partition coefficient (Wildman–Crippen LogP) is 6.26. The maximum atomic E-state index is 16.0. The van der Waals surface area contributed by atoms with Crippen LogP contribution in [0.2, 0.25) is 0 Å². The number of rotatable bonds is 6. The molecular formula is C39H40F2N4O3. The van der Waals surface area contributed by atoms with Crippen LogP contribution >= 0.6 is 0 Å². The van der Waals surface area contributed by atoms with Crippen molar-refractivity contribution in [2.45, 2.75) is 31.2 Å². The van der Waals surface area contributed by atoms with Gasteiger partial charge in [0, 0.05) is 81.4 Å². The molecule has 248 valence electrons. The molecule has 48 heavy (non-hydrogen) atoms. The second kappa shape index (κ2) is 12.8. The molecule has 2 atom stereocenters. The van der Waals surface area contributed by atoms with Crippen molar-refractivity contribution in [3.8, 4) is 11.5 Å². The maximum absolute atomic E-state index is 16.0. The van der Waals surface area contributed by atoms with Gasteiger partial charge < -0.3 is 25.0 Å². The second-order valence-corrected chi connectivity index (χ2v) is 13.6. The molecule has 0 spiro atoms. The number of ether oxygens (including phenoxy) is 1. The van der Waals surface area contributed by atoms with E-state index in [2.05, 4.69) is 38.2 Å². The molecule has 0 saturated carbocycles. The Labute approximate surface area is 279 Å². The molecule has 2 saturated heterocycles. The topological polar surface area (TPSA) is 68.3 Å². The van der Waals surface area contributed by atoms with Crippen molar-refractivity contribution in [3.05, 3.63) is 118 Å². The van der Waals surface area contributed by atoms with E-state index in [4.69, 9.17) is 4.74 Å². The van der Waals surface area contributed by atoms with E-state index in [1.54, 1.807) is 18.2 Å². The molecule has 4 aliphatic rings. The van der Waals surface area contributed by atoms with Crippen LogP contribution < -0.4 is 19.9 Å². The molecule has 0 aromatic heterocycles. The maximum Gasteiger partial charge on any atom is 0.252 e. The average molecular weight is 651 g/mol. The zero-order chi connectivity index (χ0) is 32.8. The molecule has 2 fully saturated rings. The summed E-state index contributed by atoms with van der Waals surface area (Å²) in [5, 5.41) is 12.9. The Morgan fingerprint density at radius 2 is 1.54 bits per heavy atom. The van der Waals surface area contributed by atoms with E-state index in [1.807, 2.05) is 36.4 Å². The number of piperidine rings is 1. The molecule has 2 unspecified atom stereocenters. The molecule has 7 nitrogen and oxygen atoms in total. The highest BCUT2D eigenvalue weighted by Gasteiger charge is 2.35. The van der Waals surface area contributed by atoms with Crippen molar-refractivity contribution >= 4 is 17.3 Å². The van der Waals surface area contributed by atoms with Gasteiger partial charge in [0.2, 0.25) is 0 Å². The molecule has 8 rings (SSSR count). The van der Waals surface area contributed by atoms with E-state index in [1.165, 1.54) is 6.07 Å². The van der Waals surface area contributed by atoms with Gasteiger partial charge in [0.05, 0.1) is 18.0 Å². The zero-order valence-corrected chi connectivity index (χ0v) is 26.9. The van der Waals surface area contributed by atoms with Crippen LogP contribution in [-0.2, 0) is 6.54 Å². The lowest BCUT2D eigenvalue weighted by atomic mass is 9.76. The third-order valence-corrected chi connectivity index (χ3v) is 10.8. The van der Waals surface area contributed by atoms with Crippen LogP contribution in [0.3, 0.4) is 0 Å². The third-order valence-electron chi connectivity index (χ3n) is 10.8. The number of amides is 1. The smallest absolute Gasteiger partial charge is 0.252 e. The van der Waals surface area contributed by atoms with Gasteiger partial charge in [0.1, 0.15) is 23.1 Å². The summed E-state index contributed by atoms with van der Waals surface area (Å²) in [5.41, 5.74) is 5.53. The molecule has 4 heterocycles. The van der Waals surface area contributed by atoms with Crippen LogP contribution in [0.5, 0.6) is 11.5 Å². The van der Waals surface area contributed by atoms with E-state index < -0.39 is 0 Å². The van der Waals surface area contributed by atoms with Crippen LogP contribution in [0, 0.1) is 17.6 Å². The van der Waals surface area contributed by atoms with E-state index in [0.29, 0.717) is 41.8 Å². The molecule has 9 heteroatoms. The molecule has 0 aliphatic carbocycles. The number of benzene rings is 4. The number of piperazine rings is 1. The SMILES string of the molecule is O=C1NCc2cc(N3CCN(CC4CCN(c5ccc(C6c7ccc(O)cc7OCC6c6ccccc6)cc5F)CC4)CC3)c(F)cc21. The van der Waals surface area contributed by atoms with Crippen LogP contribution in [0.4, 0.5) is 20.2 Å². The normalized spacial score (nSPS) is 21.4. The lowest BCUT2D eigenvalue weighted by Gasteiger charge is -2.40. The molecule has 0 bridgehead atoms. The number of nitrogens with zero attached hydrogens (tertiary/aromatic N) is 3. The van der Waals surface area contributed by atoms with Crippen molar-refractivity contribution in [3.63, 3.8) is 0 Å². The van der Waals surface area contributed by atoms with E-state index >= 15 is 4.39 Å². The number of carbonyl (C=O) groups excluding carboxylic acids is 1. The Kier molecular flexibility index (Phi) is 8.16. The summed E-state index contributed by atoms with van der Waals surface area (Å²) in [6, 6.07) is 24.3. The van der Waals surface area contributed by atoms with Crippen LogP contribution in [0.1, 0.15) is 57.3 Å². The Bertz CT molecular complexity index is 1820. The Hall–Kier alpha value is -4.63. The number of phenolic OH excluding ortho intramolecular Hbond substituents is 1. The summed E-state index contributed by atoms with van der Waals surface area (Å²) in [4.78, 5) is 18.6. The lowest BCUT2D eigenvalue weighted by Crippen LogP contribution is -2.49. The molecule has 4 aromatic rings. The molecule has 4 aliphatic heterocycles. The number of carbonyl (C=O) groups is 1. The van der Waals surface area contributed by atoms with Crippen molar-refractivity contribution in [1.82, 2.24) is 10.2 Å². The molecule has 2 N–H and O–H groups in total. The molecular weight excluding hydrogens is 610 g/mol. The van der Waals surface area contributed by atoms with Gasteiger partial charge in [-0.15, -0.1) is 0 Å². The fraction of sp³-hybridized carbons (Fsp3) is 0.359. The number of phenols is 1. The van der Waals surface area contributed by atoms with Crippen molar-refractivity contribution in [2.75, 3.05) is 62.2 Å². The summed E-state index contributed by atoms with van der Waals surface area (Å²) in [5.74, 6) is 0.498. The second-order valence-electron chi connectivity index (χ2n) is 13.6. The average Bonchev–Trinajstić information content (AvgIpc) is 3.47. The van der Waals surface area contributed by atoms with Gasteiger partial charge in [-0.1, -0.05) is 42.5 Å². The van der Waals surface area contributed by atoms with Gasteiger partial charge in [-0.25, -0.2) is 8.78 Å². The van der Waals surface area contributed by atoms with Gasteiger partial charge in [-0.3, -0.25) is 9.69 Å². The number of anilines is 2. The Morgan fingerprint density at radius 3 is 2.31 bits per heavy atom. The van der Waals surface area contributed by atoms with Gasteiger partial charge in [-0.05, 0) is 65.8 Å². The van der Waals surface area contributed by atoms with Crippen molar-refractivity contribution in [2.24, 2.45) is 5.92 Å². The number of fused-ring (bicyclic) bond motifs is 2. The first-order valence-electron chi connectivity index (χ1n) is 17.0. The first-order valence-corrected chi connectivity index (χ1v) is 17.0. The molecule has 0 radical (unpaired) electrons. The summed E-state index contributed by atoms with van der Waals surface area (Å²) in [7, 11) is 0. The minimum absolute atomic E-state index is 0.0153. The number of nitrogens with one attached hydrogen (secondary N) is 1. The van der Waals surface area contributed by atoms with Crippen LogP contribution in [0.15, 0.2) is 78.9 Å². The highest BCUT2D eigenvalue weighted by Crippen LogP contribution is 2.47. The van der Waals surface area contributed by atoms with E-state index in [0.717, 1.165) is 80.9 Å². The van der Waals surface area contributed by atoms with E-state index in [9.17, 15) is 14.3 Å². The number of aromatic hydroxyl groups is 1.